The largest absolute Gasteiger partial charge is 0.355 e. The molecule has 11 heteroatoms. The summed E-state index contributed by atoms with van der Waals surface area (Å²) in [4.78, 5) is 11.9. The van der Waals surface area contributed by atoms with Crippen molar-refractivity contribution in [1.82, 2.24) is 30.2 Å². The number of halogens is 1. The maximum Gasteiger partial charge on any atom is 0.240 e. The number of hydrogen-bond donors (Lipinski definition) is 2. The number of carbonyl (C=O) groups is 1. The zero-order chi connectivity index (χ0) is 20.0. The maximum atomic E-state index is 12.9. The van der Waals surface area contributed by atoms with Crippen molar-refractivity contribution in [1.29, 1.82) is 0 Å². The molecule has 0 aliphatic carbocycles. The summed E-state index contributed by atoms with van der Waals surface area (Å²) in [5.41, 5.74) is 1.17. The van der Waals surface area contributed by atoms with Crippen molar-refractivity contribution in [2.24, 2.45) is 0 Å². The Morgan fingerprint density at radius 2 is 1.89 bits per heavy atom. The third kappa shape index (κ3) is 5.18. The Balaban J connectivity index is 1.50. The van der Waals surface area contributed by atoms with E-state index >= 15 is 0 Å². The van der Waals surface area contributed by atoms with E-state index in [0.717, 1.165) is 0 Å². The summed E-state index contributed by atoms with van der Waals surface area (Å²) in [6.07, 6.45) is 1.44. The molecule has 146 valence electrons. The molecule has 0 aliphatic heterocycles. The molecule has 3 rings (SSSR count). The van der Waals surface area contributed by atoms with Gasteiger partial charge in [0.1, 0.15) is 12.1 Å². The molecule has 0 saturated carbocycles. The highest BCUT2D eigenvalue weighted by Gasteiger charge is 2.14. The molecule has 0 radical (unpaired) electrons. The van der Waals surface area contributed by atoms with E-state index in [1.165, 1.54) is 47.4 Å². The number of benzene rings is 2. The third-order valence-electron chi connectivity index (χ3n) is 3.76. The van der Waals surface area contributed by atoms with Crippen molar-refractivity contribution in [2.45, 2.75) is 11.3 Å². The van der Waals surface area contributed by atoms with Crippen molar-refractivity contribution in [3.63, 3.8) is 0 Å². The number of nitrogens with one attached hydrogen (secondary N) is 2. The van der Waals surface area contributed by atoms with E-state index in [4.69, 9.17) is 0 Å². The van der Waals surface area contributed by atoms with Gasteiger partial charge >= 0.3 is 0 Å². The molecule has 2 aromatic carbocycles. The molecule has 0 aliphatic rings. The fourth-order valence-electron chi connectivity index (χ4n) is 2.39. The molecule has 1 amide bonds. The second-order valence-corrected chi connectivity index (χ2v) is 7.57. The number of sulfonamides is 1. The Labute approximate surface area is 160 Å². The molecule has 0 saturated heterocycles. The Morgan fingerprint density at radius 3 is 2.61 bits per heavy atom. The quantitative estimate of drug-likeness (QED) is 0.526. The Hall–Kier alpha value is -3.18. The summed E-state index contributed by atoms with van der Waals surface area (Å²) in [5, 5.41) is 13.3. The number of rotatable bonds is 8. The Kier molecular flexibility index (Phi) is 6.06. The lowest BCUT2D eigenvalue weighted by molar-refractivity contribution is -0.120. The summed E-state index contributed by atoms with van der Waals surface area (Å²) >= 11 is 0. The summed E-state index contributed by atoms with van der Waals surface area (Å²) in [6.45, 7) is 0.137. The first kappa shape index (κ1) is 19.6. The molecule has 0 fully saturated rings. The highest BCUT2D eigenvalue weighted by atomic mass is 32.2. The highest BCUT2D eigenvalue weighted by Crippen LogP contribution is 2.13. The second kappa shape index (κ2) is 8.67. The number of aromatic nitrogens is 4. The topological polar surface area (TPSA) is 119 Å². The molecular weight excluding hydrogens is 387 g/mol. The van der Waals surface area contributed by atoms with Gasteiger partial charge in [-0.3, -0.25) is 4.79 Å². The van der Waals surface area contributed by atoms with Gasteiger partial charge in [0.05, 0.1) is 17.0 Å². The highest BCUT2D eigenvalue weighted by molar-refractivity contribution is 7.89. The Morgan fingerprint density at radius 1 is 1.11 bits per heavy atom. The molecule has 1 heterocycles. The van der Waals surface area contributed by atoms with Crippen LogP contribution in [0.1, 0.15) is 5.56 Å². The van der Waals surface area contributed by atoms with Gasteiger partial charge in [-0.15, -0.1) is 5.10 Å². The van der Waals surface area contributed by atoms with E-state index in [-0.39, 0.29) is 36.1 Å². The number of amides is 1. The minimum absolute atomic E-state index is 0.0204. The minimum Gasteiger partial charge on any atom is -0.355 e. The van der Waals surface area contributed by atoms with Crippen LogP contribution < -0.4 is 10.0 Å². The van der Waals surface area contributed by atoms with Crippen LogP contribution in [0.25, 0.3) is 5.69 Å². The molecule has 9 nitrogen and oxygen atoms in total. The van der Waals surface area contributed by atoms with Crippen molar-refractivity contribution in [3.8, 4) is 5.69 Å². The normalized spacial score (nSPS) is 11.3. The number of hydrogen-bond acceptors (Lipinski definition) is 6. The van der Waals surface area contributed by atoms with Gasteiger partial charge in [-0.05, 0) is 46.3 Å². The van der Waals surface area contributed by atoms with E-state index in [1.54, 1.807) is 12.1 Å². The third-order valence-corrected chi connectivity index (χ3v) is 5.22. The zero-order valence-corrected chi connectivity index (χ0v) is 15.4. The first-order valence-corrected chi connectivity index (χ1v) is 9.76. The fraction of sp³-hybridized carbons (Fsp3) is 0.176. The van der Waals surface area contributed by atoms with Crippen LogP contribution >= 0.6 is 0 Å². The molecule has 28 heavy (non-hydrogen) atoms. The van der Waals surface area contributed by atoms with E-state index in [0.29, 0.717) is 11.3 Å². The fourth-order valence-corrected chi connectivity index (χ4v) is 3.46. The van der Waals surface area contributed by atoms with E-state index in [9.17, 15) is 17.6 Å². The van der Waals surface area contributed by atoms with Crippen molar-refractivity contribution >= 4 is 15.9 Å². The van der Waals surface area contributed by atoms with E-state index < -0.39 is 10.0 Å². The zero-order valence-electron chi connectivity index (χ0n) is 14.6. The standard InChI is InChI=1S/C17H17FN6O3S/c18-14-6-4-13(5-7-14)10-17(25)19-8-9-21-28(26,27)16-3-1-2-15(11-16)24-12-20-22-23-24/h1-7,11-12,21H,8-10H2,(H,19,25). The van der Waals surface area contributed by atoms with Crippen LogP contribution in [0.2, 0.25) is 0 Å². The van der Waals surface area contributed by atoms with Crippen LogP contribution in [0.15, 0.2) is 59.8 Å². The van der Waals surface area contributed by atoms with Gasteiger partial charge < -0.3 is 5.32 Å². The van der Waals surface area contributed by atoms with Crippen molar-refractivity contribution < 1.29 is 17.6 Å². The maximum absolute atomic E-state index is 12.9. The first-order chi connectivity index (χ1) is 13.4. The summed E-state index contributed by atoms with van der Waals surface area (Å²) in [7, 11) is -3.76. The number of nitrogens with zero attached hydrogens (tertiary/aromatic N) is 4. The minimum atomic E-state index is -3.76. The van der Waals surface area contributed by atoms with Gasteiger partial charge in [-0.25, -0.2) is 22.2 Å². The van der Waals surface area contributed by atoms with Gasteiger partial charge in [0, 0.05) is 13.1 Å². The van der Waals surface area contributed by atoms with E-state index in [2.05, 4.69) is 25.6 Å². The molecule has 2 N–H and O–H groups in total. The molecule has 0 atom stereocenters. The summed E-state index contributed by atoms with van der Waals surface area (Å²) in [5.74, 6) is -0.658. The smallest absolute Gasteiger partial charge is 0.240 e. The van der Waals surface area contributed by atoms with Crippen LogP contribution in [0.5, 0.6) is 0 Å². The van der Waals surface area contributed by atoms with Gasteiger partial charge in [0.15, 0.2) is 0 Å². The van der Waals surface area contributed by atoms with Gasteiger partial charge in [-0.1, -0.05) is 18.2 Å². The second-order valence-electron chi connectivity index (χ2n) is 5.80. The van der Waals surface area contributed by atoms with Crippen LogP contribution in [-0.2, 0) is 21.2 Å². The SMILES string of the molecule is O=C(Cc1ccc(F)cc1)NCCNS(=O)(=O)c1cccc(-n2cnnn2)c1. The van der Waals surface area contributed by atoms with Gasteiger partial charge in [-0.2, -0.15) is 0 Å². The lowest BCUT2D eigenvalue weighted by Crippen LogP contribution is -2.35. The molecule has 0 bridgehead atoms. The average molecular weight is 404 g/mol. The Bertz CT molecular complexity index is 1040. The molecule has 3 aromatic rings. The van der Waals surface area contributed by atoms with Crippen LogP contribution in [0.3, 0.4) is 0 Å². The number of tetrazole rings is 1. The summed E-state index contributed by atoms with van der Waals surface area (Å²) in [6, 6.07) is 11.7. The van der Waals surface area contributed by atoms with Crippen LogP contribution in [0, 0.1) is 5.82 Å². The molecule has 1 aromatic heterocycles. The predicted molar refractivity (Wildman–Crippen MR) is 97.5 cm³/mol. The molecule has 0 spiro atoms. The number of carbonyl (C=O) groups excluding carboxylic acids is 1. The predicted octanol–water partition coefficient (Wildman–Crippen LogP) is 0.439. The monoisotopic (exact) mass is 404 g/mol. The van der Waals surface area contributed by atoms with Crippen molar-refractivity contribution in [2.75, 3.05) is 13.1 Å². The molecule has 0 unspecified atom stereocenters. The lowest BCUT2D eigenvalue weighted by Gasteiger charge is -2.09. The van der Waals surface area contributed by atoms with Gasteiger partial charge in [0.2, 0.25) is 15.9 Å². The van der Waals surface area contributed by atoms with Crippen LogP contribution in [-0.4, -0.2) is 47.6 Å². The molecular formula is C17H17FN6O3S. The average Bonchev–Trinajstić information content (AvgIpc) is 3.22. The first-order valence-electron chi connectivity index (χ1n) is 8.28. The van der Waals surface area contributed by atoms with Crippen molar-refractivity contribution in [3.05, 3.63) is 66.2 Å². The van der Waals surface area contributed by atoms with E-state index in [1.807, 2.05) is 0 Å². The summed E-state index contributed by atoms with van der Waals surface area (Å²) < 4.78 is 41.4. The van der Waals surface area contributed by atoms with Gasteiger partial charge in [0.25, 0.3) is 0 Å². The van der Waals surface area contributed by atoms with Crippen LogP contribution in [0.4, 0.5) is 4.39 Å². The lowest BCUT2D eigenvalue weighted by atomic mass is 10.1.